The summed E-state index contributed by atoms with van der Waals surface area (Å²) in [6.45, 7) is 16.5. The maximum Gasteiger partial charge on any atom is 0.0904 e. The minimum atomic E-state index is 1.10. The van der Waals surface area contributed by atoms with E-state index < -0.39 is 0 Å². The van der Waals surface area contributed by atoms with E-state index in [0.717, 1.165) is 6.42 Å². The van der Waals surface area contributed by atoms with E-state index in [1.807, 2.05) is 0 Å². The van der Waals surface area contributed by atoms with Gasteiger partial charge < -0.3 is 4.48 Å². The highest BCUT2D eigenvalue weighted by Gasteiger charge is 2.25. The van der Waals surface area contributed by atoms with E-state index in [1.165, 1.54) is 75.6 Å². The molecule has 0 bridgehead atoms. The summed E-state index contributed by atoms with van der Waals surface area (Å²) in [7, 11) is 0. The Kier molecular flexibility index (Phi) is 10.8. The Hall–Kier alpha value is -0.170. The Morgan fingerprint density at radius 3 is 1.29 bits per heavy atom. The van der Waals surface area contributed by atoms with Crippen LogP contribution in [-0.4, -0.2) is 30.7 Å². The highest BCUT2D eigenvalue weighted by Crippen LogP contribution is 2.16. The Labute approximate surface area is 110 Å². The molecule has 0 amide bonds. The summed E-state index contributed by atoms with van der Waals surface area (Å²) in [5, 5.41) is 0. The van der Waals surface area contributed by atoms with Crippen molar-refractivity contribution in [3.63, 3.8) is 0 Å². The van der Waals surface area contributed by atoms with Crippen molar-refractivity contribution in [3.05, 3.63) is 6.92 Å². The summed E-state index contributed by atoms with van der Waals surface area (Å²) < 4.78 is 1.38. The largest absolute Gasteiger partial charge is 0.323 e. The predicted molar refractivity (Wildman–Crippen MR) is 79.0 cm³/mol. The molecule has 0 N–H and O–H groups in total. The molecule has 0 unspecified atom stereocenters. The van der Waals surface area contributed by atoms with Gasteiger partial charge >= 0.3 is 0 Å². The second-order valence-corrected chi connectivity index (χ2v) is 5.50. The average molecular weight is 241 g/mol. The summed E-state index contributed by atoms with van der Waals surface area (Å²) in [5.74, 6) is 0. The van der Waals surface area contributed by atoms with Gasteiger partial charge in [-0.05, 0) is 19.3 Å². The van der Waals surface area contributed by atoms with Crippen molar-refractivity contribution in [3.8, 4) is 0 Å². The van der Waals surface area contributed by atoms with Gasteiger partial charge in [0.25, 0.3) is 0 Å². The first kappa shape index (κ1) is 16.8. The summed E-state index contributed by atoms with van der Waals surface area (Å²) in [6, 6.07) is 0. The van der Waals surface area contributed by atoms with Crippen LogP contribution < -0.4 is 0 Å². The highest BCUT2D eigenvalue weighted by molar-refractivity contribution is 4.50. The maximum atomic E-state index is 4.02. The number of hydrogen-bond donors (Lipinski definition) is 0. The third-order valence-electron chi connectivity index (χ3n) is 3.84. The van der Waals surface area contributed by atoms with Gasteiger partial charge in [-0.1, -0.05) is 40.0 Å². The van der Waals surface area contributed by atoms with Gasteiger partial charge in [0.05, 0.1) is 39.5 Å². The van der Waals surface area contributed by atoms with Gasteiger partial charge in [0.1, 0.15) is 0 Å². The van der Waals surface area contributed by atoms with Gasteiger partial charge in [-0.15, -0.1) is 0 Å². The Morgan fingerprint density at radius 1 is 0.647 bits per heavy atom. The summed E-state index contributed by atoms with van der Waals surface area (Å²) in [5.41, 5.74) is 0. The van der Waals surface area contributed by atoms with Crippen molar-refractivity contribution >= 4 is 0 Å². The molecule has 0 radical (unpaired) electrons. The van der Waals surface area contributed by atoms with Crippen LogP contribution in [0.3, 0.4) is 0 Å². The lowest BCUT2D eigenvalue weighted by Gasteiger charge is -2.39. The zero-order valence-corrected chi connectivity index (χ0v) is 12.6. The normalized spacial score (nSPS) is 11.9. The molecule has 0 saturated carbocycles. The molecule has 1 nitrogen and oxygen atoms in total. The Morgan fingerprint density at radius 2 is 1.00 bits per heavy atom. The molecule has 0 aromatic carbocycles. The topological polar surface area (TPSA) is 0 Å². The number of nitrogens with zero attached hydrogens (tertiary/aromatic N) is 1. The van der Waals surface area contributed by atoms with E-state index in [9.17, 15) is 0 Å². The molecule has 17 heavy (non-hydrogen) atoms. The third kappa shape index (κ3) is 7.70. The SMILES string of the molecule is [CH2+]CCC[N+](CCCC)(CCCC)CCCC. The van der Waals surface area contributed by atoms with Gasteiger partial charge in [0.2, 0.25) is 0 Å². The predicted octanol–water partition coefficient (Wildman–Crippen LogP) is 4.82. The molecule has 0 aliphatic carbocycles. The lowest BCUT2D eigenvalue weighted by molar-refractivity contribution is -0.929. The van der Waals surface area contributed by atoms with E-state index in [-0.39, 0.29) is 0 Å². The minimum Gasteiger partial charge on any atom is -0.323 e. The van der Waals surface area contributed by atoms with Crippen LogP contribution in [0.25, 0.3) is 0 Å². The fourth-order valence-electron chi connectivity index (χ4n) is 2.60. The van der Waals surface area contributed by atoms with Crippen molar-refractivity contribution in [2.45, 2.75) is 72.1 Å². The Balaban J connectivity index is 4.39. The quantitative estimate of drug-likeness (QED) is 0.339. The molecule has 0 spiro atoms. The molecule has 102 valence electrons. The fourth-order valence-corrected chi connectivity index (χ4v) is 2.60. The van der Waals surface area contributed by atoms with E-state index in [2.05, 4.69) is 27.7 Å². The van der Waals surface area contributed by atoms with Crippen LogP contribution in [0.1, 0.15) is 72.1 Å². The first-order chi connectivity index (χ1) is 8.24. The van der Waals surface area contributed by atoms with Crippen LogP contribution in [0.2, 0.25) is 0 Å². The first-order valence-electron chi connectivity index (χ1n) is 7.89. The number of rotatable bonds is 12. The molecule has 0 aromatic heterocycles. The zero-order valence-electron chi connectivity index (χ0n) is 12.6. The molecule has 0 heterocycles. The standard InChI is InChI=1S/C16H35N/c1-5-9-13-17(14-10-6-2,15-11-7-3)16-12-8-4/h1,5-16H2,2-4H3/q+2. The van der Waals surface area contributed by atoms with Gasteiger partial charge in [0, 0.05) is 6.42 Å². The molecular weight excluding hydrogens is 206 g/mol. The molecule has 0 aromatic rings. The molecule has 0 atom stereocenters. The summed E-state index contributed by atoms with van der Waals surface area (Å²) in [6.07, 6.45) is 10.6. The van der Waals surface area contributed by atoms with Gasteiger partial charge in [0.15, 0.2) is 0 Å². The maximum absolute atomic E-state index is 4.02. The first-order valence-corrected chi connectivity index (χ1v) is 7.89. The van der Waals surface area contributed by atoms with E-state index in [1.54, 1.807) is 0 Å². The molecule has 0 aliphatic heterocycles. The van der Waals surface area contributed by atoms with Crippen molar-refractivity contribution in [2.75, 3.05) is 26.2 Å². The van der Waals surface area contributed by atoms with Crippen LogP contribution in [0.15, 0.2) is 0 Å². The second-order valence-electron chi connectivity index (χ2n) is 5.50. The number of quaternary nitrogens is 1. The number of hydrogen-bond acceptors (Lipinski definition) is 0. The summed E-state index contributed by atoms with van der Waals surface area (Å²) in [4.78, 5) is 0. The number of unbranched alkanes of at least 4 members (excludes halogenated alkanes) is 4. The Bertz CT molecular complexity index is 116. The molecule has 1 heteroatoms. The lowest BCUT2D eigenvalue weighted by Crippen LogP contribution is -2.50. The van der Waals surface area contributed by atoms with Gasteiger partial charge in [-0.3, -0.25) is 0 Å². The average Bonchev–Trinajstić information content (AvgIpc) is 2.37. The van der Waals surface area contributed by atoms with Crippen molar-refractivity contribution in [1.82, 2.24) is 0 Å². The fraction of sp³-hybridized carbons (Fsp3) is 0.938. The lowest BCUT2D eigenvalue weighted by atomic mass is 10.1. The molecular formula is C16H35N+2. The zero-order chi connectivity index (χ0) is 13.0. The van der Waals surface area contributed by atoms with Crippen LogP contribution in [0.4, 0.5) is 0 Å². The minimum absolute atomic E-state index is 1.10. The van der Waals surface area contributed by atoms with Crippen molar-refractivity contribution < 1.29 is 4.48 Å². The molecule has 0 rings (SSSR count). The van der Waals surface area contributed by atoms with E-state index >= 15 is 0 Å². The third-order valence-corrected chi connectivity index (χ3v) is 3.84. The summed E-state index contributed by atoms with van der Waals surface area (Å²) >= 11 is 0. The van der Waals surface area contributed by atoms with Gasteiger partial charge in [-0.2, -0.15) is 0 Å². The van der Waals surface area contributed by atoms with Crippen LogP contribution in [-0.2, 0) is 0 Å². The van der Waals surface area contributed by atoms with Crippen LogP contribution in [0, 0.1) is 6.92 Å². The van der Waals surface area contributed by atoms with Crippen LogP contribution in [0.5, 0.6) is 0 Å². The van der Waals surface area contributed by atoms with Crippen molar-refractivity contribution in [2.24, 2.45) is 0 Å². The second kappa shape index (κ2) is 11.0. The molecule has 0 saturated heterocycles. The van der Waals surface area contributed by atoms with Crippen LogP contribution >= 0.6 is 0 Å². The van der Waals surface area contributed by atoms with Gasteiger partial charge in [-0.25, -0.2) is 0 Å². The van der Waals surface area contributed by atoms with E-state index in [4.69, 9.17) is 0 Å². The van der Waals surface area contributed by atoms with E-state index in [0.29, 0.717) is 0 Å². The molecule has 0 aliphatic rings. The monoisotopic (exact) mass is 241 g/mol. The molecule has 0 fully saturated rings. The van der Waals surface area contributed by atoms with Crippen molar-refractivity contribution in [1.29, 1.82) is 0 Å². The smallest absolute Gasteiger partial charge is 0.0904 e. The highest BCUT2D eigenvalue weighted by atomic mass is 15.3.